The van der Waals surface area contributed by atoms with Gasteiger partial charge in [0.25, 0.3) is 0 Å². The zero-order valence-corrected chi connectivity index (χ0v) is 14.5. The fraction of sp³-hybridized carbons (Fsp3) is 0. The number of hydrogen-bond donors (Lipinski definition) is 3. The van der Waals surface area contributed by atoms with Crippen LogP contribution in [0.5, 0.6) is 17.2 Å². The topological polar surface area (TPSA) is 60.7 Å². The van der Waals surface area contributed by atoms with Crippen LogP contribution in [0.15, 0.2) is 91.0 Å². The van der Waals surface area contributed by atoms with E-state index in [0.717, 1.165) is 0 Å². The second-order valence-corrected chi connectivity index (χ2v) is 4.01. The van der Waals surface area contributed by atoms with Gasteiger partial charge in [-0.25, -0.2) is 0 Å². The minimum Gasteiger partial charge on any atom is -0.508 e. The zero-order chi connectivity index (χ0) is 15.3. The molecule has 0 aliphatic rings. The Bertz CT molecular complexity index is 497. The standard InChI is InChI=1S/3C6H6O.Zr/c3*7-6-4-2-1-3-5-6;/h3*1-5,7H;. The van der Waals surface area contributed by atoms with E-state index in [1.165, 1.54) is 0 Å². The van der Waals surface area contributed by atoms with Crippen LogP contribution in [0.4, 0.5) is 0 Å². The first-order chi connectivity index (χ1) is 10.2. The first kappa shape index (κ1) is 19.9. The van der Waals surface area contributed by atoms with Crippen molar-refractivity contribution in [2.24, 2.45) is 0 Å². The van der Waals surface area contributed by atoms with Crippen LogP contribution in [0, 0.1) is 0 Å². The fourth-order valence-electron chi connectivity index (χ4n) is 1.28. The van der Waals surface area contributed by atoms with Crippen LogP contribution < -0.4 is 0 Å². The summed E-state index contributed by atoms with van der Waals surface area (Å²) >= 11 is 0. The van der Waals surface area contributed by atoms with Crippen molar-refractivity contribution < 1.29 is 41.5 Å². The second kappa shape index (κ2) is 12.7. The van der Waals surface area contributed by atoms with Crippen molar-refractivity contribution in [1.29, 1.82) is 0 Å². The number of phenols is 3. The Kier molecular flexibility index (Phi) is 11.5. The molecule has 3 N–H and O–H groups in total. The Morgan fingerprint density at radius 2 is 0.545 bits per heavy atom. The maximum Gasteiger partial charge on any atom is 0.115 e. The maximum atomic E-state index is 8.63. The molecule has 0 bridgehead atoms. The smallest absolute Gasteiger partial charge is 0.115 e. The molecule has 22 heavy (non-hydrogen) atoms. The van der Waals surface area contributed by atoms with E-state index in [9.17, 15) is 0 Å². The number of aromatic hydroxyl groups is 3. The monoisotopic (exact) mass is 372 g/mol. The maximum absolute atomic E-state index is 8.63. The van der Waals surface area contributed by atoms with E-state index in [4.69, 9.17) is 15.3 Å². The Morgan fingerprint density at radius 3 is 0.636 bits per heavy atom. The molecule has 3 aromatic carbocycles. The third kappa shape index (κ3) is 10.7. The first-order valence-corrected chi connectivity index (χ1v) is 6.40. The van der Waals surface area contributed by atoms with Crippen molar-refractivity contribution in [3.05, 3.63) is 91.0 Å². The van der Waals surface area contributed by atoms with Crippen LogP contribution in [0.2, 0.25) is 0 Å². The Hall–Kier alpha value is -2.06. The molecule has 0 aliphatic carbocycles. The molecule has 112 valence electrons. The van der Waals surface area contributed by atoms with Gasteiger partial charge in [0.1, 0.15) is 17.2 Å². The van der Waals surface area contributed by atoms with Crippen LogP contribution in [0.25, 0.3) is 0 Å². The van der Waals surface area contributed by atoms with Gasteiger partial charge in [-0.3, -0.25) is 0 Å². The quantitative estimate of drug-likeness (QED) is 0.554. The van der Waals surface area contributed by atoms with Gasteiger partial charge in [-0.05, 0) is 36.4 Å². The SMILES string of the molecule is Oc1ccccc1.Oc1ccccc1.Oc1ccccc1.[Zr]. The summed E-state index contributed by atoms with van der Waals surface area (Å²) in [6.45, 7) is 0. The average molecular weight is 374 g/mol. The van der Waals surface area contributed by atoms with Crippen molar-refractivity contribution >= 4 is 0 Å². The normalized spacial score (nSPS) is 8.18. The van der Waals surface area contributed by atoms with Crippen LogP contribution in [0.3, 0.4) is 0 Å². The van der Waals surface area contributed by atoms with E-state index in [-0.39, 0.29) is 26.2 Å². The number of para-hydroxylation sites is 3. The molecule has 0 heterocycles. The van der Waals surface area contributed by atoms with E-state index in [0.29, 0.717) is 17.2 Å². The number of hydrogen-bond acceptors (Lipinski definition) is 3. The van der Waals surface area contributed by atoms with Gasteiger partial charge >= 0.3 is 0 Å². The van der Waals surface area contributed by atoms with E-state index in [1.54, 1.807) is 72.8 Å². The van der Waals surface area contributed by atoms with Gasteiger partial charge in [0, 0.05) is 26.2 Å². The predicted octanol–water partition coefficient (Wildman–Crippen LogP) is 4.17. The molecular formula is C18H18O3Zr. The third-order valence-corrected chi connectivity index (χ3v) is 2.27. The predicted molar refractivity (Wildman–Crippen MR) is 84.3 cm³/mol. The molecule has 4 heteroatoms. The average Bonchev–Trinajstić information content (AvgIpc) is 2.51. The second-order valence-electron chi connectivity index (χ2n) is 4.01. The van der Waals surface area contributed by atoms with Crippen LogP contribution in [-0.2, 0) is 26.2 Å². The third-order valence-electron chi connectivity index (χ3n) is 2.27. The number of benzene rings is 3. The van der Waals surface area contributed by atoms with Crippen molar-refractivity contribution in [1.82, 2.24) is 0 Å². The van der Waals surface area contributed by atoms with Crippen molar-refractivity contribution in [3.8, 4) is 17.2 Å². The zero-order valence-electron chi connectivity index (χ0n) is 12.0. The van der Waals surface area contributed by atoms with Gasteiger partial charge < -0.3 is 15.3 Å². The number of rotatable bonds is 0. The van der Waals surface area contributed by atoms with Gasteiger partial charge in [0.05, 0.1) is 0 Å². The molecule has 0 saturated heterocycles. The molecule has 0 aromatic heterocycles. The van der Waals surface area contributed by atoms with Gasteiger partial charge in [-0.15, -0.1) is 0 Å². The Labute approximate surface area is 149 Å². The van der Waals surface area contributed by atoms with Gasteiger partial charge in [0.15, 0.2) is 0 Å². The summed E-state index contributed by atoms with van der Waals surface area (Å²) in [5, 5.41) is 25.9. The van der Waals surface area contributed by atoms with Gasteiger partial charge in [-0.2, -0.15) is 0 Å². The van der Waals surface area contributed by atoms with Gasteiger partial charge in [-0.1, -0.05) is 54.6 Å². The minimum atomic E-state index is 0. The molecule has 0 atom stereocenters. The molecule has 0 radical (unpaired) electrons. The fourth-order valence-corrected chi connectivity index (χ4v) is 1.28. The van der Waals surface area contributed by atoms with Crippen molar-refractivity contribution in [2.45, 2.75) is 0 Å². The summed E-state index contributed by atoms with van der Waals surface area (Å²) in [7, 11) is 0. The molecule has 0 aliphatic heterocycles. The molecule has 0 fully saturated rings. The molecule has 0 amide bonds. The van der Waals surface area contributed by atoms with Crippen LogP contribution in [0.1, 0.15) is 0 Å². The number of phenolic OH excluding ortho intramolecular Hbond substituents is 3. The minimum absolute atomic E-state index is 0. The molecule has 0 unspecified atom stereocenters. The van der Waals surface area contributed by atoms with Gasteiger partial charge in [0.2, 0.25) is 0 Å². The first-order valence-electron chi connectivity index (χ1n) is 6.40. The largest absolute Gasteiger partial charge is 0.508 e. The van der Waals surface area contributed by atoms with E-state index in [1.807, 2.05) is 18.2 Å². The van der Waals surface area contributed by atoms with E-state index < -0.39 is 0 Å². The van der Waals surface area contributed by atoms with Crippen LogP contribution in [-0.4, -0.2) is 15.3 Å². The summed E-state index contributed by atoms with van der Waals surface area (Å²) in [6, 6.07) is 26.1. The van der Waals surface area contributed by atoms with Crippen molar-refractivity contribution in [2.75, 3.05) is 0 Å². The molecule has 0 spiro atoms. The molecule has 0 saturated carbocycles. The van der Waals surface area contributed by atoms with Crippen LogP contribution >= 0.6 is 0 Å². The summed E-state index contributed by atoms with van der Waals surface area (Å²) < 4.78 is 0. The molecule has 3 aromatic rings. The Morgan fingerprint density at radius 1 is 0.364 bits per heavy atom. The molecular weight excluding hydrogens is 355 g/mol. The van der Waals surface area contributed by atoms with E-state index in [2.05, 4.69) is 0 Å². The summed E-state index contributed by atoms with van der Waals surface area (Å²) in [5.41, 5.74) is 0. The Balaban J connectivity index is 0.000000294. The molecule has 3 rings (SSSR count). The van der Waals surface area contributed by atoms with E-state index >= 15 is 0 Å². The summed E-state index contributed by atoms with van der Waals surface area (Å²) in [5.74, 6) is 0.965. The molecule has 3 nitrogen and oxygen atoms in total. The summed E-state index contributed by atoms with van der Waals surface area (Å²) in [4.78, 5) is 0. The summed E-state index contributed by atoms with van der Waals surface area (Å²) in [6.07, 6.45) is 0. The van der Waals surface area contributed by atoms with Crippen molar-refractivity contribution in [3.63, 3.8) is 0 Å².